The van der Waals surface area contributed by atoms with E-state index in [4.69, 9.17) is 16.1 Å². The van der Waals surface area contributed by atoms with Crippen molar-refractivity contribution < 1.29 is 9.39 Å². The van der Waals surface area contributed by atoms with Gasteiger partial charge in [0.15, 0.2) is 0 Å². The third kappa shape index (κ3) is 3.69. The molecule has 2 aromatic rings. The fourth-order valence-electron chi connectivity index (χ4n) is 3.64. The van der Waals surface area contributed by atoms with Crippen LogP contribution in [-0.2, 0) is 0 Å². The molecular formula is C23H23N8O+. The maximum Gasteiger partial charge on any atom is 0.266 e. The van der Waals surface area contributed by atoms with Gasteiger partial charge in [0, 0.05) is 24.8 Å². The van der Waals surface area contributed by atoms with E-state index in [0.29, 0.717) is 22.8 Å². The molecule has 1 atom stereocenters. The molecule has 0 saturated carbocycles. The fraction of sp³-hybridized carbons (Fsp3) is 0.174. The van der Waals surface area contributed by atoms with Gasteiger partial charge in [-0.25, -0.2) is 4.98 Å². The summed E-state index contributed by atoms with van der Waals surface area (Å²) in [5.74, 6) is 8.18. The zero-order valence-electron chi connectivity index (χ0n) is 17.9. The summed E-state index contributed by atoms with van der Waals surface area (Å²) in [7, 11) is 0. The molecular weight excluding hydrogens is 404 g/mol. The van der Waals surface area contributed by atoms with E-state index in [1.54, 1.807) is 36.8 Å². The van der Waals surface area contributed by atoms with Gasteiger partial charge in [0.1, 0.15) is 12.0 Å². The number of hydrogen-bond acceptors (Lipinski definition) is 7. The second kappa shape index (κ2) is 8.55. The fourth-order valence-corrected chi connectivity index (χ4v) is 3.64. The predicted octanol–water partition coefficient (Wildman–Crippen LogP) is 2.72. The number of amides is 1. The standard InChI is InChI=1S/C23H22N8O/c1-3-30(4-2)21-19-15-26-11-12-31(19,25)22(29-21)17-5-7-18(8-6-17)23(32)28-20-13-16(14-24)9-10-27-20/h5-13,15H,3-4,25H2,1-2H3/p+1. The molecule has 2 aliphatic heterocycles. The van der Waals surface area contributed by atoms with Crippen molar-refractivity contribution in [3.63, 3.8) is 0 Å². The topological polar surface area (TPSA) is 120 Å². The van der Waals surface area contributed by atoms with Crippen LogP contribution >= 0.6 is 0 Å². The van der Waals surface area contributed by atoms with Crippen LogP contribution in [0, 0.1) is 11.3 Å². The number of carbonyl (C=O) groups is 1. The van der Waals surface area contributed by atoms with E-state index in [1.807, 2.05) is 18.2 Å². The van der Waals surface area contributed by atoms with Gasteiger partial charge >= 0.3 is 0 Å². The Morgan fingerprint density at radius 2 is 1.97 bits per heavy atom. The number of fused-ring (bicyclic) bond motifs is 1. The lowest BCUT2D eigenvalue weighted by Gasteiger charge is -2.27. The molecule has 160 valence electrons. The average molecular weight is 427 g/mol. The van der Waals surface area contributed by atoms with Crippen LogP contribution in [0.4, 0.5) is 5.82 Å². The number of hydrogen-bond donors (Lipinski definition) is 2. The Morgan fingerprint density at radius 3 is 2.66 bits per heavy atom. The van der Waals surface area contributed by atoms with Crippen LogP contribution in [0.2, 0.25) is 0 Å². The molecule has 3 N–H and O–H groups in total. The molecule has 9 nitrogen and oxygen atoms in total. The molecule has 1 unspecified atom stereocenters. The summed E-state index contributed by atoms with van der Waals surface area (Å²) < 4.78 is -0.0776. The van der Waals surface area contributed by atoms with Crippen LogP contribution in [-0.4, -0.2) is 45.5 Å². The molecule has 9 heteroatoms. The van der Waals surface area contributed by atoms with Crippen molar-refractivity contribution in [3.8, 4) is 6.07 Å². The number of nitrogens with two attached hydrogens (primary N) is 1. The summed E-state index contributed by atoms with van der Waals surface area (Å²) in [6.45, 7) is 5.73. The summed E-state index contributed by atoms with van der Waals surface area (Å²) in [4.78, 5) is 27.9. The second-order valence-corrected chi connectivity index (χ2v) is 7.24. The van der Waals surface area contributed by atoms with E-state index in [-0.39, 0.29) is 10.5 Å². The highest BCUT2D eigenvalue weighted by atomic mass is 16.1. The molecule has 0 bridgehead atoms. The lowest BCUT2D eigenvalue weighted by Crippen LogP contribution is -2.53. The molecule has 0 radical (unpaired) electrons. The highest BCUT2D eigenvalue weighted by Crippen LogP contribution is 2.32. The van der Waals surface area contributed by atoms with Gasteiger partial charge in [-0.15, -0.1) is 4.59 Å². The van der Waals surface area contributed by atoms with Crippen LogP contribution in [0.5, 0.6) is 0 Å². The van der Waals surface area contributed by atoms with E-state index < -0.39 is 0 Å². The number of amidine groups is 1. The Labute approximate surface area is 186 Å². The zero-order valence-corrected chi connectivity index (χ0v) is 17.9. The zero-order chi connectivity index (χ0) is 22.7. The summed E-state index contributed by atoms with van der Waals surface area (Å²) in [5.41, 5.74) is 2.48. The Hall–Kier alpha value is -4.13. The summed E-state index contributed by atoms with van der Waals surface area (Å²) in [6, 6.07) is 12.2. The van der Waals surface area contributed by atoms with Crippen molar-refractivity contribution in [2.45, 2.75) is 13.8 Å². The molecule has 1 aromatic carbocycles. The van der Waals surface area contributed by atoms with Crippen LogP contribution in [0.25, 0.3) is 0 Å². The Balaban J connectivity index is 1.60. The largest absolute Gasteiger partial charge is 0.352 e. The highest BCUT2D eigenvalue weighted by Gasteiger charge is 2.45. The minimum absolute atomic E-state index is 0.0776. The highest BCUT2D eigenvalue weighted by molar-refractivity contribution is 6.05. The molecule has 2 aliphatic rings. The number of benzene rings is 1. The number of rotatable bonds is 6. The first kappa shape index (κ1) is 21.1. The van der Waals surface area contributed by atoms with E-state index >= 15 is 0 Å². The maximum absolute atomic E-state index is 12.6. The number of quaternary nitrogens is 1. The minimum Gasteiger partial charge on any atom is -0.352 e. The van der Waals surface area contributed by atoms with E-state index in [9.17, 15) is 4.79 Å². The van der Waals surface area contributed by atoms with Crippen molar-refractivity contribution in [2.75, 3.05) is 18.4 Å². The molecule has 0 fully saturated rings. The van der Waals surface area contributed by atoms with Gasteiger partial charge in [-0.3, -0.25) is 9.79 Å². The number of allylic oxidation sites excluding steroid dienone is 1. The molecule has 32 heavy (non-hydrogen) atoms. The minimum atomic E-state index is -0.322. The van der Waals surface area contributed by atoms with Crippen molar-refractivity contribution in [1.82, 2.24) is 9.88 Å². The smallest absolute Gasteiger partial charge is 0.266 e. The molecule has 0 saturated heterocycles. The number of nitriles is 1. The monoisotopic (exact) mass is 427 g/mol. The molecule has 3 heterocycles. The van der Waals surface area contributed by atoms with Crippen LogP contribution in [0.15, 0.2) is 76.5 Å². The van der Waals surface area contributed by atoms with Gasteiger partial charge in [0.05, 0.1) is 29.6 Å². The summed E-state index contributed by atoms with van der Waals surface area (Å²) in [5, 5.41) is 11.7. The van der Waals surface area contributed by atoms with Crippen molar-refractivity contribution in [3.05, 3.63) is 83.2 Å². The maximum atomic E-state index is 12.6. The normalized spacial score (nSPS) is 18.8. The summed E-state index contributed by atoms with van der Waals surface area (Å²) in [6.07, 6.45) is 6.68. The third-order valence-corrected chi connectivity index (χ3v) is 5.37. The van der Waals surface area contributed by atoms with Crippen molar-refractivity contribution in [1.29, 1.82) is 5.26 Å². The Kier molecular flexibility index (Phi) is 5.64. The van der Waals surface area contributed by atoms with E-state index in [1.165, 1.54) is 12.3 Å². The number of nitrogens with zero attached hydrogens (tertiary/aromatic N) is 6. The number of pyridine rings is 1. The first-order chi connectivity index (χ1) is 15.5. The third-order valence-electron chi connectivity index (χ3n) is 5.37. The number of aromatic nitrogens is 1. The SMILES string of the molecule is CCN(CC)C1=C2C=NC=C[N+]2(N)C(c2ccc(C(=O)Nc3cc(C#N)ccn3)cc2)=N1. The van der Waals surface area contributed by atoms with Gasteiger partial charge in [-0.1, -0.05) is 0 Å². The molecule has 1 amide bonds. The Bertz CT molecular complexity index is 1220. The number of nitrogens with one attached hydrogen (secondary N) is 1. The molecule has 4 rings (SSSR count). The number of aliphatic imine (C=N–C) groups is 2. The van der Waals surface area contributed by atoms with Crippen LogP contribution in [0.3, 0.4) is 0 Å². The quantitative estimate of drug-likeness (QED) is 0.543. The van der Waals surface area contributed by atoms with Gasteiger partial charge in [-0.2, -0.15) is 16.1 Å². The number of anilines is 1. The Morgan fingerprint density at radius 1 is 1.22 bits per heavy atom. The summed E-state index contributed by atoms with van der Waals surface area (Å²) >= 11 is 0. The molecule has 0 aliphatic carbocycles. The van der Waals surface area contributed by atoms with Crippen LogP contribution in [0.1, 0.15) is 35.3 Å². The lowest BCUT2D eigenvalue weighted by atomic mass is 10.1. The average Bonchev–Trinajstić information content (AvgIpc) is 3.13. The van der Waals surface area contributed by atoms with Gasteiger partial charge in [0.25, 0.3) is 11.7 Å². The lowest BCUT2D eigenvalue weighted by molar-refractivity contribution is -0.750. The van der Waals surface area contributed by atoms with Crippen molar-refractivity contribution >= 4 is 23.8 Å². The first-order valence-electron chi connectivity index (χ1n) is 10.2. The van der Waals surface area contributed by atoms with Crippen LogP contribution < -0.4 is 11.2 Å². The molecule has 0 spiro atoms. The number of carbonyl (C=O) groups excluding carboxylic acids is 1. The molecule has 1 aromatic heterocycles. The van der Waals surface area contributed by atoms with E-state index in [2.05, 4.69) is 34.0 Å². The van der Waals surface area contributed by atoms with Gasteiger partial charge in [-0.05, 0) is 50.2 Å². The van der Waals surface area contributed by atoms with Gasteiger partial charge in [0.2, 0.25) is 11.5 Å². The van der Waals surface area contributed by atoms with Gasteiger partial charge < -0.3 is 10.2 Å². The van der Waals surface area contributed by atoms with E-state index in [0.717, 1.165) is 30.2 Å². The van der Waals surface area contributed by atoms with Crippen molar-refractivity contribution in [2.24, 2.45) is 15.8 Å². The predicted molar refractivity (Wildman–Crippen MR) is 122 cm³/mol. The second-order valence-electron chi connectivity index (χ2n) is 7.24. The first-order valence-corrected chi connectivity index (χ1v) is 10.2.